The minimum absolute atomic E-state index is 0.130. The van der Waals surface area contributed by atoms with Crippen molar-refractivity contribution >= 4 is 23.2 Å². The van der Waals surface area contributed by atoms with Crippen molar-refractivity contribution in [3.05, 3.63) is 34.3 Å². The Morgan fingerprint density at radius 1 is 1.40 bits per heavy atom. The molecule has 3 heteroatoms. The quantitative estimate of drug-likeness (QED) is 0.718. The Labute approximate surface area is 101 Å². The topological polar surface area (TPSA) is 9.23 Å². The Morgan fingerprint density at radius 2 is 2.13 bits per heavy atom. The second-order valence-corrected chi connectivity index (χ2v) is 4.69. The van der Waals surface area contributed by atoms with Gasteiger partial charge >= 0.3 is 0 Å². The SMILES string of the molecule is COCCC(Cl)Cc1ccc(Cl)c(C)c1. The van der Waals surface area contributed by atoms with E-state index in [2.05, 4.69) is 6.07 Å². The first kappa shape index (κ1) is 12.8. The molecule has 1 unspecified atom stereocenters. The van der Waals surface area contributed by atoms with Gasteiger partial charge in [0.05, 0.1) is 0 Å². The molecule has 1 rings (SSSR count). The maximum absolute atomic E-state index is 6.17. The lowest BCUT2D eigenvalue weighted by Gasteiger charge is -2.09. The first-order valence-electron chi connectivity index (χ1n) is 5.01. The van der Waals surface area contributed by atoms with Gasteiger partial charge in [-0.25, -0.2) is 0 Å². The van der Waals surface area contributed by atoms with Crippen LogP contribution < -0.4 is 0 Å². The molecule has 0 aliphatic rings. The smallest absolute Gasteiger partial charge is 0.0476 e. The van der Waals surface area contributed by atoms with Crippen LogP contribution in [0.25, 0.3) is 0 Å². The van der Waals surface area contributed by atoms with E-state index in [9.17, 15) is 0 Å². The van der Waals surface area contributed by atoms with E-state index in [1.807, 2.05) is 19.1 Å². The highest BCUT2D eigenvalue weighted by molar-refractivity contribution is 6.31. The molecule has 0 amide bonds. The average molecular weight is 247 g/mol. The Morgan fingerprint density at radius 3 is 2.73 bits per heavy atom. The van der Waals surface area contributed by atoms with Gasteiger partial charge < -0.3 is 4.74 Å². The van der Waals surface area contributed by atoms with Crippen LogP contribution in [0.1, 0.15) is 17.5 Å². The molecule has 0 fully saturated rings. The van der Waals surface area contributed by atoms with E-state index in [-0.39, 0.29) is 5.38 Å². The fraction of sp³-hybridized carbons (Fsp3) is 0.500. The molecule has 1 aromatic rings. The van der Waals surface area contributed by atoms with Gasteiger partial charge in [-0.2, -0.15) is 0 Å². The average Bonchev–Trinajstić information content (AvgIpc) is 2.20. The summed E-state index contributed by atoms with van der Waals surface area (Å²) in [6.45, 7) is 2.71. The molecular weight excluding hydrogens is 231 g/mol. The van der Waals surface area contributed by atoms with Crippen LogP contribution in [0, 0.1) is 6.92 Å². The van der Waals surface area contributed by atoms with Gasteiger partial charge in [0.15, 0.2) is 0 Å². The van der Waals surface area contributed by atoms with Gasteiger partial charge in [-0.05, 0) is 37.0 Å². The largest absolute Gasteiger partial charge is 0.385 e. The fourth-order valence-corrected chi connectivity index (χ4v) is 1.82. The Kier molecular flexibility index (Phi) is 5.44. The summed E-state index contributed by atoms with van der Waals surface area (Å²) in [5.41, 5.74) is 2.33. The van der Waals surface area contributed by atoms with Crippen molar-refractivity contribution < 1.29 is 4.74 Å². The third kappa shape index (κ3) is 4.42. The highest BCUT2D eigenvalue weighted by Gasteiger charge is 2.06. The third-order valence-electron chi connectivity index (χ3n) is 2.31. The minimum atomic E-state index is 0.130. The van der Waals surface area contributed by atoms with Crippen molar-refractivity contribution in [2.24, 2.45) is 0 Å². The van der Waals surface area contributed by atoms with E-state index < -0.39 is 0 Å². The van der Waals surface area contributed by atoms with Crippen molar-refractivity contribution in [3.63, 3.8) is 0 Å². The van der Waals surface area contributed by atoms with Crippen LogP contribution in [-0.2, 0) is 11.2 Å². The zero-order valence-corrected chi connectivity index (χ0v) is 10.6. The number of alkyl halides is 1. The third-order valence-corrected chi connectivity index (χ3v) is 3.11. The van der Waals surface area contributed by atoms with Gasteiger partial charge in [0.2, 0.25) is 0 Å². The van der Waals surface area contributed by atoms with Gasteiger partial charge in [0, 0.05) is 24.1 Å². The van der Waals surface area contributed by atoms with Crippen molar-refractivity contribution in [1.82, 2.24) is 0 Å². The molecule has 15 heavy (non-hydrogen) atoms. The second-order valence-electron chi connectivity index (χ2n) is 3.67. The lowest BCUT2D eigenvalue weighted by molar-refractivity contribution is 0.194. The van der Waals surface area contributed by atoms with Crippen LogP contribution in [0.2, 0.25) is 5.02 Å². The lowest BCUT2D eigenvalue weighted by atomic mass is 10.1. The highest BCUT2D eigenvalue weighted by Crippen LogP contribution is 2.19. The van der Waals surface area contributed by atoms with E-state index in [4.69, 9.17) is 27.9 Å². The van der Waals surface area contributed by atoms with E-state index in [0.717, 1.165) is 23.4 Å². The van der Waals surface area contributed by atoms with Gasteiger partial charge in [-0.1, -0.05) is 23.7 Å². The Balaban J connectivity index is 2.53. The fourth-order valence-electron chi connectivity index (χ4n) is 1.44. The van der Waals surface area contributed by atoms with Gasteiger partial charge in [-0.15, -0.1) is 11.6 Å². The number of aryl methyl sites for hydroxylation is 1. The number of ether oxygens (including phenoxy) is 1. The van der Waals surface area contributed by atoms with E-state index in [0.29, 0.717) is 6.61 Å². The molecule has 0 aliphatic heterocycles. The summed E-state index contributed by atoms with van der Waals surface area (Å²) in [4.78, 5) is 0. The lowest BCUT2D eigenvalue weighted by Crippen LogP contribution is -2.07. The molecule has 1 atom stereocenters. The summed E-state index contributed by atoms with van der Waals surface area (Å²) in [5, 5.41) is 0.937. The first-order chi connectivity index (χ1) is 7.13. The van der Waals surface area contributed by atoms with Crippen molar-refractivity contribution in [1.29, 1.82) is 0 Å². The number of benzene rings is 1. The maximum Gasteiger partial charge on any atom is 0.0476 e. The van der Waals surface area contributed by atoms with Crippen molar-refractivity contribution in [2.75, 3.05) is 13.7 Å². The summed E-state index contributed by atoms with van der Waals surface area (Å²) in [5.74, 6) is 0. The molecule has 0 aromatic heterocycles. The number of rotatable bonds is 5. The molecule has 0 bridgehead atoms. The first-order valence-corrected chi connectivity index (χ1v) is 5.83. The van der Waals surface area contributed by atoms with Crippen LogP contribution >= 0.6 is 23.2 Å². The van der Waals surface area contributed by atoms with Crippen LogP contribution in [0.3, 0.4) is 0 Å². The van der Waals surface area contributed by atoms with E-state index in [1.54, 1.807) is 7.11 Å². The molecule has 0 heterocycles. The second kappa shape index (κ2) is 6.37. The number of halogens is 2. The van der Waals surface area contributed by atoms with E-state index >= 15 is 0 Å². The normalized spacial score (nSPS) is 12.8. The molecule has 0 radical (unpaired) electrons. The monoisotopic (exact) mass is 246 g/mol. The number of hydrogen-bond donors (Lipinski definition) is 0. The molecular formula is C12H16Cl2O. The molecule has 1 aromatic carbocycles. The minimum Gasteiger partial charge on any atom is -0.385 e. The summed E-state index contributed by atoms with van der Waals surface area (Å²) in [7, 11) is 1.69. The number of methoxy groups -OCH3 is 1. The van der Waals surface area contributed by atoms with Crippen LogP contribution in [0.5, 0.6) is 0 Å². The summed E-state index contributed by atoms with van der Waals surface area (Å²) < 4.78 is 4.99. The Bertz CT molecular complexity index is 312. The van der Waals surface area contributed by atoms with Crippen molar-refractivity contribution in [3.8, 4) is 0 Å². The summed E-state index contributed by atoms with van der Waals surface area (Å²) in [6, 6.07) is 6.04. The molecule has 0 spiro atoms. The summed E-state index contributed by atoms with van der Waals surface area (Å²) in [6.07, 6.45) is 1.74. The van der Waals surface area contributed by atoms with Gasteiger partial charge in [0.1, 0.15) is 0 Å². The molecule has 0 saturated carbocycles. The predicted octanol–water partition coefficient (Wildman–Crippen LogP) is 3.83. The maximum atomic E-state index is 6.17. The summed E-state index contributed by atoms with van der Waals surface area (Å²) >= 11 is 12.1. The van der Waals surface area contributed by atoms with E-state index in [1.165, 1.54) is 5.56 Å². The molecule has 1 nitrogen and oxygen atoms in total. The highest BCUT2D eigenvalue weighted by atomic mass is 35.5. The van der Waals surface area contributed by atoms with Crippen LogP contribution in [0.15, 0.2) is 18.2 Å². The number of hydrogen-bond acceptors (Lipinski definition) is 1. The van der Waals surface area contributed by atoms with Crippen molar-refractivity contribution in [2.45, 2.75) is 25.1 Å². The molecule has 0 N–H and O–H groups in total. The molecule has 0 saturated heterocycles. The van der Waals surface area contributed by atoms with Crippen LogP contribution in [-0.4, -0.2) is 19.1 Å². The van der Waals surface area contributed by atoms with Gasteiger partial charge in [-0.3, -0.25) is 0 Å². The molecule has 84 valence electrons. The molecule has 0 aliphatic carbocycles. The van der Waals surface area contributed by atoms with Gasteiger partial charge in [0.25, 0.3) is 0 Å². The zero-order valence-electron chi connectivity index (χ0n) is 9.09. The Hall–Kier alpha value is -0.240. The standard InChI is InChI=1S/C12H16Cl2O/c1-9-7-10(3-4-12(9)14)8-11(13)5-6-15-2/h3-4,7,11H,5-6,8H2,1-2H3. The predicted molar refractivity (Wildman–Crippen MR) is 66.0 cm³/mol. The van der Waals surface area contributed by atoms with Crippen LogP contribution in [0.4, 0.5) is 0 Å². The zero-order chi connectivity index (χ0) is 11.3.